The molecule has 0 saturated heterocycles. The van der Waals surface area contributed by atoms with Gasteiger partial charge in [0.05, 0.1) is 6.61 Å². The molecule has 0 fully saturated rings. The molecule has 0 spiro atoms. The summed E-state index contributed by atoms with van der Waals surface area (Å²) in [5, 5.41) is 0. The fourth-order valence-electron chi connectivity index (χ4n) is 1.55. The van der Waals surface area contributed by atoms with E-state index in [1.807, 2.05) is 32.0 Å². The fourth-order valence-corrected chi connectivity index (χ4v) is 1.55. The molecule has 0 atom stereocenters. The predicted octanol–water partition coefficient (Wildman–Crippen LogP) is 2.45. The van der Waals surface area contributed by atoms with Gasteiger partial charge in [-0.15, -0.1) is 0 Å². The summed E-state index contributed by atoms with van der Waals surface area (Å²) in [6, 6.07) is 5.94. The summed E-state index contributed by atoms with van der Waals surface area (Å²) in [6.45, 7) is 5.84. The van der Waals surface area contributed by atoms with Crippen molar-refractivity contribution in [3.05, 3.63) is 41.0 Å². The molecule has 1 aromatic carbocycles. The molecule has 0 amide bonds. The first-order valence-corrected chi connectivity index (χ1v) is 5.50. The van der Waals surface area contributed by atoms with Crippen LogP contribution in [-0.2, 0) is 14.3 Å². The van der Waals surface area contributed by atoms with Crippen LogP contribution in [0.4, 0.5) is 0 Å². The van der Waals surface area contributed by atoms with Crippen LogP contribution in [0.25, 0.3) is 6.08 Å². The summed E-state index contributed by atoms with van der Waals surface area (Å²) >= 11 is 0. The topological polar surface area (TPSA) is 43.4 Å². The quantitative estimate of drug-likeness (QED) is 0.455. The van der Waals surface area contributed by atoms with Gasteiger partial charge in [-0.3, -0.25) is 4.79 Å². The van der Waals surface area contributed by atoms with Crippen molar-refractivity contribution in [2.45, 2.75) is 20.8 Å². The number of esters is 1. The summed E-state index contributed by atoms with van der Waals surface area (Å²) in [7, 11) is 0. The number of hydrogen-bond acceptors (Lipinski definition) is 3. The van der Waals surface area contributed by atoms with Crippen LogP contribution in [0.5, 0.6) is 0 Å². The first-order valence-electron chi connectivity index (χ1n) is 5.50. The maximum atomic E-state index is 11.3. The lowest BCUT2D eigenvalue weighted by atomic mass is 10.1. The molecule has 0 aliphatic heterocycles. The molecular weight excluding hydrogens is 216 g/mol. The molecule has 0 aliphatic rings. The summed E-state index contributed by atoms with van der Waals surface area (Å²) in [4.78, 5) is 22.4. The largest absolute Gasteiger partial charge is 0.460 e. The minimum absolute atomic E-state index is 0.210. The zero-order chi connectivity index (χ0) is 12.8. The average Bonchev–Trinajstić information content (AvgIpc) is 2.25. The Morgan fingerprint density at radius 1 is 1.18 bits per heavy atom. The second-order valence-electron chi connectivity index (χ2n) is 3.84. The number of aryl methyl sites for hydroxylation is 2. The minimum atomic E-state index is -0.812. The summed E-state index contributed by atoms with van der Waals surface area (Å²) in [5.74, 6) is -1.45. The molecule has 3 heteroatoms. The van der Waals surface area contributed by atoms with Crippen LogP contribution in [-0.4, -0.2) is 18.4 Å². The van der Waals surface area contributed by atoms with Crippen molar-refractivity contribution < 1.29 is 14.3 Å². The van der Waals surface area contributed by atoms with Gasteiger partial charge in [-0.2, -0.15) is 0 Å². The second kappa shape index (κ2) is 5.99. The van der Waals surface area contributed by atoms with E-state index in [0.717, 1.165) is 16.7 Å². The zero-order valence-corrected chi connectivity index (χ0v) is 10.3. The van der Waals surface area contributed by atoms with Crippen molar-refractivity contribution in [1.29, 1.82) is 0 Å². The van der Waals surface area contributed by atoms with Gasteiger partial charge in [0.2, 0.25) is 0 Å². The van der Waals surface area contributed by atoms with E-state index in [4.69, 9.17) is 0 Å². The van der Waals surface area contributed by atoms with E-state index in [9.17, 15) is 9.59 Å². The molecule has 0 N–H and O–H groups in total. The Bertz CT molecular complexity index is 438. The highest BCUT2D eigenvalue weighted by Gasteiger charge is 2.10. The van der Waals surface area contributed by atoms with Crippen LogP contribution in [0.1, 0.15) is 23.6 Å². The summed E-state index contributed by atoms with van der Waals surface area (Å²) < 4.78 is 4.60. The van der Waals surface area contributed by atoms with Crippen molar-refractivity contribution in [2.24, 2.45) is 0 Å². The Morgan fingerprint density at radius 2 is 1.76 bits per heavy atom. The van der Waals surface area contributed by atoms with E-state index in [0.29, 0.717) is 0 Å². The average molecular weight is 232 g/mol. The van der Waals surface area contributed by atoms with Gasteiger partial charge in [0, 0.05) is 0 Å². The van der Waals surface area contributed by atoms with Gasteiger partial charge in [0.1, 0.15) is 0 Å². The first-order chi connectivity index (χ1) is 8.02. The lowest BCUT2D eigenvalue weighted by Gasteiger charge is -2.00. The highest BCUT2D eigenvalue weighted by Crippen LogP contribution is 2.10. The SMILES string of the molecule is CCOC(=O)C(=O)/C=C/c1cc(C)cc(C)c1. The van der Waals surface area contributed by atoms with E-state index in [1.165, 1.54) is 6.08 Å². The van der Waals surface area contributed by atoms with Crippen molar-refractivity contribution in [1.82, 2.24) is 0 Å². The molecule has 0 unspecified atom stereocenters. The number of rotatable bonds is 4. The Kier molecular flexibility index (Phi) is 4.64. The zero-order valence-electron chi connectivity index (χ0n) is 10.3. The monoisotopic (exact) mass is 232 g/mol. The van der Waals surface area contributed by atoms with E-state index in [2.05, 4.69) is 4.74 Å². The maximum Gasteiger partial charge on any atom is 0.379 e. The third kappa shape index (κ3) is 4.23. The van der Waals surface area contributed by atoms with E-state index in [1.54, 1.807) is 13.0 Å². The molecular formula is C14H16O3. The third-order valence-electron chi connectivity index (χ3n) is 2.15. The van der Waals surface area contributed by atoms with Crippen LogP contribution in [0.2, 0.25) is 0 Å². The van der Waals surface area contributed by atoms with Crippen LogP contribution in [0.3, 0.4) is 0 Å². The van der Waals surface area contributed by atoms with E-state index >= 15 is 0 Å². The highest BCUT2D eigenvalue weighted by atomic mass is 16.5. The molecule has 0 radical (unpaired) electrons. The smallest absolute Gasteiger partial charge is 0.379 e. The van der Waals surface area contributed by atoms with Crippen LogP contribution < -0.4 is 0 Å². The van der Waals surface area contributed by atoms with Crippen LogP contribution >= 0.6 is 0 Å². The second-order valence-corrected chi connectivity index (χ2v) is 3.84. The Hall–Kier alpha value is -1.90. The van der Waals surface area contributed by atoms with Gasteiger partial charge in [-0.05, 0) is 32.4 Å². The Labute approximate surface area is 101 Å². The predicted molar refractivity (Wildman–Crippen MR) is 66.6 cm³/mol. The normalized spacial score (nSPS) is 10.5. The molecule has 0 heterocycles. The van der Waals surface area contributed by atoms with Crippen LogP contribution in [0.15, 0.2) is 24.3 Å². The molecule has 0 saturated carbocycles. The van der Waals surface area contributed by atoms with Gasteiger partial charge < -0.3 is 4.74 Å². The number of ether oxygens (including phenoxy) is 1. The van der Waals surface area contributed by atoms with Crippen molar-refractivity contribution >= 4 is 17.8 Å². The number of ketones is 1. The minimum Gasteiger partial charge on any atom is -0.460 e. The summed E-state index contributed by atoms with van der Waals surface area (Å²) in [6.07, 6.45) is 2.87. The molecule has 17 heavy (non-hydrogen) atoms. The van der Waals surface area contributed by atoms with Crippen molar-refractivity contribution in [3.63, 3.8) is 0 Å². The number of benzene rings is 1. The highest BCUT2D eigenvalue weighted by molar-refractivity contribution is 6.39. The van der Waals surface area contributed by atoms with Gasteiger partial charge in [0.25, 0.3) is 5.78 Å². The molecule has 0 bridgehead atoms. The molecule has 90 valence electrons. The van der Waals surface area contributed by atoms with Crippen molar-refractivity contribution in [2.75, 3.05) is 6.61 Å². The van der Waals surface area contributed by atoms with E-state index in [-0.39, 0.29) is 6.61 Å². The van der Waals surface area contributed by atoms with Gasteiger partial charge in [0.15, 0.2) is 0 Å². The molecule has 1 rings (SSSR count). The Morgan fingerprint density at radius 3 is 2.29 bits per heavy atom. The molecule has 0 aliphatic carbocycles. The Balaban J connectivity index is 2.76. The number of carbonyl (C=O) groups is 2. The lowest BCUT2D eigenvalue weighted by molar-refractivity contribution is -0.151. The van der Waals surface area contributed by atoms with Gasteiger partial charge in [-0.25, -0.2) is 4.79 Å². The third-order valence-corrected chi connectivity index (χ3v) is 2.15. The maximum absolute atomic E-state index is 11.3. The number of hydrogen-bond donors (Lipinski definition) is 0. The standard InChI is InChI=1S/C14H16O3/c1-4-17-14(16)13(15)6-5-12-8-10(2)7-11(3)9-12/h5-9H,4H2,1-3H3/b6-5+. The van der Waals surface area contributed by atoms with E-state index < -0.39 is 11.8 Å². The molecule has 1 aromatic rings. The number of carbonyl (C=O) groups excluding carboxylic acids is 2. The first kappa shape index (κ1) is 13.2. The van der Waals surface area contributed by atoms with Crippen LogP contribution in [0, 0.1) is 13.8 Å². The van der Waals surface area contributed by atoms with Gasteiger partial charge in [-0.1, -0.05) is 35.4 Å². The van der Waals surface area contributed by atoms with Crippen molar-refractivity contribution in [3.8, 4) is 0 Å². The molecule has 3 nitrogen and oxygen atoms in total. The fraction of sp³-hybridized carbons (Fsp3) is 0.286. The lowest BCUT2D eigenvalue weighted by Crippen LogP contribution is -2.14. The van der Waals surface area contributed by atoms with Gasteiger partial charge >= 0.3 is 5.97 Å². The molecule has 0 aromatic heterocycles. The summed E-state index contributed by atoms with van der Waals surface area (Å²) in [5.41, 5.74) is 3.14.